The Bertz CT molecular complexity index is 498. The molecule has 2 saturated carbocycles. The Labute approximate surface area is 112 Å². The van der Waals surface area contributed by atoms with Gasteiger partial charge in [-0.15, -0.1) is 0 Å². The Morgan fingerprint density at radius 1 is 1.16 bits per heavy atom. The second kappa shape index (κ2) is 5.03. The maximum absolute atomic E-state index is 13.1. The van der Waals surface area contributed by atoms with E-state index in [1.807, 2.05) is 0 Å². The van der Waals surface area contributed by atoms with Crippen LogP contribution in [-0.4, -0.2) is 5.78 Å². The SMILES string of the molecule is O=C(Cc1ccc(F)c(F)c1)CC1CC2CCC1C2. The minimum absolute atomic E-state index is 0.156. The van der Waals surface area contributed by atoms with E-state index in [0.29, 0.717) is 17.9 Å². The van der Waals surface area contributed by atoms with Crippen LogP contribution < -0.4 is 0 Å². The van der Waals surface area contributed by atoms with E-state index in [9.17, 15) is 13.6 Å². The van der Waals surface area contributed by atoms with Crippen LogP contribution in [0.5, 0.6) is 0 Å². The zero-order valence-electron chi connectivity index (χ0n) is 10.9. The predicted molar refractivity (Wildman–Crippen MR) is 68.6 cm³/mol. The zero-order valence-corrected chi connectivity index (χ0v) is 10.9. The molecule has 1 aromatic rings. The predicted octanol–water partition coefficient (Wildman–Crippen LogP) is 3.90. The third kappa shape index (κ3) is 2.70. The van der Waals surface area contributed by atoms with Gasteiger partial charge in [0.25, 0.3) is 0 Å². The molecule has 3 atom stereocenters. The Morgan fingerprint density at radius 2 is 2.00 bits per heavy atom. The third-order valence-corrected chi connectivity index (χ3v) is 4.76. The average molecular weight is 264 g/mol. The lowest BCUT2D eigenvalue weighted by Gasteiger charge is -2.20. The number of hydrogen-bond acceptors (Lipinski definition) is 1. The third-order valence-electron chi connectivity index (χ3n) is 4.76. The first-order valence-electron chi connectivity index (χ1n) is 7.07. The van der Waals surface area contributed by atoms with Gasteiger partial charge in [-0.2, -0.15) is 0 Å². The molecule has 2 fully saturated rings. The molecule has 0 radical (unpaired) electrons. The van der Waals surface area contributed by atoms with Crippen LogP contribution >= 0.6 is 0 Å². The fourth-order valence-electron chi connectivity index (χ4n) is 3.87. The Hall–Kier alpha value is -1.25. The summed E-state index contributed by atoms with van der Waals surface area (Å²) in [5, 5.41) is 0. The van der Waals surface area contributed by atoms with Crippen LogP contribution in [0.1, 0.15) is 37.7 Å². The van der Waals surface area contributed by atoms with Crippen LogP contribution in [0.15, 0.2) is 18.2 Å². The Kier molecular flexibility index (Phi) is 3.38. The highest BCUT2D eigenvalue weighted by atomic mass is 19.2. The number of fused-ring (bicyclic) bond motifs is 2. The van der Waals surface area contributed by atoms with Crippen molar-refractivity contribution in [1.29, 1.82) is 0 Å². The number of Topliss-reactive ketones (excluding diaryl/α,β-unsaturated/α-hetero) is 1. The minimum atomic E-state index is -0.870. The molecule has 1 nitrogen and oxygen atoms in total. The minimum Gasteiger partial charge on any atom is -0.299 e. The molecule has 0 aliphatic heterocycles. The second-order valence-electron chi connectivity index (χ2n) is 6.10. The summed E-state index contributed by atoms with van der Waals surface area (Å²) in [7, 11) is 0. The van der Waals surface area contributed by atoms with Gasteiger partial charge in [0.15, 0.2) is 11.6 Å². The summed E-state index contributed by atoms with van der Waals surface area (Å²) in [6, 6.07) is 3.72. The maximum Gasteiger partial charge on any atom is 0.159 e. The molecule has 3 rings (SSSR count). The molecule has 2 aliphatic carbocycles. The number of carbonyl (C=O) groups excluding carboxylic acids is 1. The van der Waals surface area contributed by atoms with Gasteiger partial charge >= 0.3 is 0 Å². The summed E-state index contributed by atoms with van der Waals surface area (Å²) in [5.41, 5.74) is 0.576. The lowest BCUT2D eigenvalue weighted by Crippen LogP contribution is -2.16. The van der Waals surface area contributed by atoms with Crippen molar-refractivity contribution in [2.24, 2.45) is 17.8 Å². The quantitative estimate of drug-likeness (QED) is 0.806. The van der Waals surface area contributed by atoms with E-state index < -0.39 is 11.6 Å². The lowest BCUT2D eigenvalue weighted by atomic mass is 9.84. The van der Waals surface area contributed by atoms with E-state index in [1.54, 1.807) is 0 Å². The summed E-state index contributed by atoms with van der Waals surface area (Å²) < 4.78 is 25.9. The fourth-order valence-corrected chi connectivity index (χ4v) is 3.87. The smallest absolute Gasteiger partial charge is 0.159 e. The van der Waals surface area contributed by atoms with Crippen molar-refractivity contribution in [1.82, 2.24) is 0 Å². The summed E-state index contributed by atoms with van der Waals surface area (Å²) >= 11 is 0. The van der Waals surface area contributed by atoms with Crippen molar-refractivity contribution in [3.05, 3.63) is 35.4 Å². The van der Waals surface area contributed by atoms with Gasteiger partial charge in [0.05, 0.1) is 0 Å². The molecule has 0 amide bonds. The molecule has 0 N–H and O–H groups in total. The lowest BCUT2D eigenvalue weighted by molar-refractivity contribution is -0.119. The van der Waals surface area contributed by atoms with Crippen molar-refractivity contribution in [2.45, 2.75) is 38.5 Å². The highest BCUT2D eigenvalue weighted by Crippen LogP contribution is 2.49. The number of rotatable bonds is 4. The molecule has 0 spiro atoms. The molecule has 3 heteroatoms. The number of ketones is 1. The van der Waals surface area contributed by atoms with E-state index in [2.05, 4.69) is 0 Å². The summed E-state index contributed by atoms with van der Waals surface area (Å²) in [4.78, 5) is 12.0. The van der Waals surface area contributed by atoms with Crippen LogP contribution in [0.2, 0.25) is 0 Å². The van der Waals surface area contributed by atoms with Crippen molar-refractivity contribution in [3.8, 4) is 0 Å². The molecule has 0 heterocycles. The number of benzene rings is 1. The Balaban J connectivity index is 1.57. The molecule has 2 bridgehead atoms. The van der Waals surface area contributed by atoms with E-state index in [1.165, 1.54) is 31.7 Å². The van der Waals surface area contributed by atoms with Crippen molar-refractivity contribution in [3.63, 3.8) is 0 Å². The molecule has 0 saturated heterocycles. The molecule has 0 aromatic heterocycles. The standard InChI is InChI=1S/C16H18F2O/c17-15-4-2-11(8-16(15)18)7-14(19)9-13-6-10-1-3-12(13)5-10/h2,4,8,10,12-13H,1,3,5-7,9H2. The molecular weight excluding hydrogens is 246 g/mol. The van der Waals surface area contributed by atoms with Gasteiger partial charge in [0.1, 0.15) is 5.78 Å². The van der Waals surface area contributed by atoms with Crippen molar-refractivity contribution >= 4 is 5.78 Å². The first-order chi connectivity index (χ1) is 9.11. The summed E-state index contributed by atoms with van der Waals surface area (Å²) in [6.07, 6.45) is 5.93. The van der Waals surface area contributed by atoms with Crippen LogP contribution in [0, 0.1) is 29.4 Å². The van der Waals surface area contributed by atoms with Gasteiger partial charge in [-0.05, 0) is 54.7 Å². The normalized spacial score (nSPS) is 28.8. The first-order valence-corrected chi connectivity index (χ1v) is 7.07. The number of hydrogen-bond donors (Lipinski definition) is 0. The maximum atomic E-state index is 13.1. The van der Waals surface area contributed by atoms with E-state index >= 15 is 0 Å². The van der Waals surface area contributed by atoms with Gasteiger partial charge in [0, 0.05) is 12.8 Å². The molecule has 3 unspecified atom stereocenters. The Morgan fingerprint density at radius 3 is 2.63 bits per heavy atom. The first kappa shape index (κ1) is 12.8. The van der Waals surface area contributed by atoms with Crippen LogP contribution in [-0.2, 0) is 11.2 Å². The molecule has 102 valence electrons. The van der Waals surface area contributed by atoms with Crippen molar-refractivity contribution in [2.75, 3.05) is 0 Å². The van der Waals surface area contributed by atoms with Crippen LogP contribution in [0.25, 0.3) is 0 Å². The van der Waals surface area contributed by atoms with E-state index in [0.717, 1.165) is 24.0 Å². The molecule has 2 aliphatic rings. The van der Waals surface area contributed by atoms with Gasteiger partial charge in [-0.3, -0.25) is 4.79 Å². The average Bonchev–Trinajstić information content (AvgIpc) is 2.96. The zero-order chi connectivity index (χ0) is 13.4. The molecule has 1 aromatic carbocycles. The molecular formula is C16H18F2O. The fraction of sp³-hybridized carbons (Fsp3) is 0.562. The van der Waals surface area contributed by atoms with Gasteiger partial charge in [-0.25, -0.2) is 8.78 Å². The number of carbonyl (C=O) groups is 1. The second-order valence-corrected chi connectivity index (χ2v) is 6.10. The number of halogens is 2. The highest BCUT2D eigenvalue weighted by Gasteiger charge is 2.39. The van der Waals surface area contributed by atoms with E-state index in [4.69, 9.17) is 0 Å². The van der Waals surface area contributed by atoms with E-state index in [-0.39, 0.29) is 12.2 Å². The monoisotopic (exact) mass is 264 g/mol. The molecule has 19 heavy (non-hydrogen) atoms. The van der Waals surface area contributed by atoms with Crippen molar-refractivity contribution < 1.29 is 13.6 Å². The summed E-state index contributed by atoms with van der Waals surface area (Å²) in [6.45, 7) is 0. The highest BCUT2D eigenvalue weighted by molar-refractivity contribution is 5.81. The van der Waals surface area contributed by atoms with Gasteiger partial charge in [-0.1, -0.05) is 12.5 Å². The van der Waals surface area contributed by atoms with Gasteiger partial charge < -0.3 is 0 Å². The van der Waals surface area contributed by atoms with Crippen LogP contribution in [0.4, 0.5) is 8.78 Å². The van der Waals surface area contributed by atoms with Crippen LogP contribution in [0.3, 0.4) is 0 Å². The largest absolute Gasteiger partial charge is 0.299 e. The summed E-state index contributed by atoms with van der Waals surface area (Å²) in [5.74, 6) is 0.541. The van der Waals surface area contributed by atoms with Gasteiger partial charge in [0.2, 0.25) is 0 Å². The topological polar surface area (TPSA) is 17.1 Å².